The molecule has 1 heterocycles. The third kappa shape index (κ3) is 2.65. The maximum absolute atomic E-state index is 12.9. The third-order valence-corrected chi connectivity index (χ3v) is 4.53. The summed E-state index contributed by atoms with van der Waals surface area (Å²) in [6.45, 7) is 3.74. The third-order valence-electron chi connectivity index (χ3n) is 4.01. The summed E-state index contributed by atoms with van der Waals surface area (Å²) < 4.78 is 2.43. The normalized spacial score (nSPS) is 11.2. The van der Waals surface area contributed by atoms with Crippen molar-refractivity contribution in [3.8, 4) is 11.1 Å². The molecule has 0 atom stereocenters. The number of rotatable bonds is 3. The summed E-state index contributed by atoms with van der Waals surface area (Å²) in [5.41, 5.74) is 7.26. The van der Waals surface area contributed by atoms with Crippen LogP contribution in [0.5, 0.6) is 0 Å². The second-order valence-corrected chi connectivity index (χ2v) is 6.82. The van der Waals surface area contributed by atoms with Crippen molar-refractivity contribution in [3.05, 3.63) is 69.1 Å². The number of hydrogen-bond donors (Lipinski definition) is 1. The summed E-state index contributed by atoms with van der Waals surface area (Å²) in [5.74, 6) is -0.607. The Morgan fingerprint density at radius 1 is 1.04 bits per heavy atom. The smallest absolute Gasteiger partial charge is 0.266 e. The number of amides is 1. The molecule has 0 saturated carbocycles. The summed E-state index contributed by atoms with van der Waals surface area (Å²) in [6.07, 6.45) is 0. The number of fused-ring (bicyclic) bond motifs is 1. The number of halogens is 1. The van der Waals surface area contributed by atoms with Crippen molar-refractivity contribution in [2.24, 2.45) is 5.73 Å². The van der Waals surface area contributed by atoms with E-state index in [9.17, 15) is 9.59 Å². The molecule has 0 aliphatic carbocycles. The van der Waals surface area contributed by atoms with Crippen LogP contribution in [0.2, 0.25) is 0 Å². The maximum atomic E-state index is 12.9. The number of nitrogens with zero attached hydrogens (tertiary/aromatic N) is 1. The lowest BCUT2D eigenvalue weighted by Gasteiger charge is -2.20. The Labute approximate surface area is 148 Å². The fraction of sp³-hybridized carbons (Fsp3) is 0.158. The molecule has 5 heteroatoms. The van der Waals surface area contributed by atoms with Crippen LogP contribution < -0.4 is 11.3 Å². The van der Waals surface area contributed by atoms with Crippen molar-refractivity contribution < 1.29 is 4.79 Å². The number of hydrogen-bond acceptors (Lipinski definition) is 2. The molecule has 0 aliphatic heterocycles. The predicted molar refractivity (Wildman–Crippen MR) is 100 cm³/mol. The molecule has 0 bridgehead atoms. The van der Waals surface area contributed by atoms with Crippen LogP contribution in [-0.2, 0) is 0 Å². The molecule has 3 rings (SSSR count). The number of pyridine rings is 1. The van der Waals surface area contributed by atoms with Crippen molar-refractivity contribution in [1.29, 1.82) is 0 Å². The number of benzene rings is 2. The zero-order valence-corrected chi connectivity index (χ0v) is 15.0. The van der Waals surface area contributed by atoms with E-state index >= 15 is 0 Å². The highest BCUT2D eigenvalue weighted by atomic mass is 79.9. The quantitative estimate of drug-likeness (QED) is 0.738. The van der Waals surface area contributed by atoms with Gasteiger partial charge in [0.2, 0.25) is 0 Å². The van der Waals surface area contributed by atoms with Gasteiger partial charge in [0.1, 0.15) is 5.69 Å². The van der Waals surface area contributed by atoms with Crippen molar-refractivity contribution in [3.63, 3.8) is 0 Å². The number of carbonyl (C=O) groups excluding carboxylic acids is 1. The molecular formula is C19H17BrN2O2. The van der Waals surface area contributed by atoms with Crippen molar-refractivity contribution >= 4 is 32.6 Å². The van der Waals surface area contributed by atoms with Crippen LogP contribution in [0.3, 0.4) is 0 Å². The Kier molecular flexibility index (Phi) is 4.28. The summed E-state index contributed by atoms with van der Waals surface area (Å²) in [4.78, 5) is 25.1. The molecule has 0 saturated heterocycles. The average molecular weight is 385 g/mol. The molecule has 3 aromatic rings. The summed E-state index contributed by atoms with van der Waals surface area (Å²) >= 11 is 3.42. The van der Waals surface area contributed by atoms with E-state index in [1.165, 1.54) is 4.57 Å². The highest BCUT2D eigenvalue weighted by Crippen LogP contribution is 2.32. The Bertz CT molecular complexity index is 989. The van der Waals surface area contributed by atoms with Gasteiger partial charge >= 0.3 is 0 Å². The Morgan fingerprint density at radius 3 is 2.17 bits per heavy atom. The molecule has 0 radical (unpaired) electrons. The van der Waals surface area contributed by atoms with E-state index < -0.39 is 5.91 Å². The van der Waals surface area contributed by atoms with Gasteiger partial charge in [-0.15, -0.1) is 0 Å². The van der Waals surface area contributed by atoms with Crippen LogP contribution in [0.25, 0.3) is 21.9 Å². The van der Waals surface area contributed by atoms with E-state index in [2.05, 4.69) is 15.9 Å². The van der Waals surface area contributed by atoms with Gasteiger partial charge in [-0.2, -0.15) is 0 Å². The Morgan fingerprint density at radius 2 is 1.62 bits per heavy atom. The molecule has 0 aliphatic rings. The predicted octanol–water partition coefficient (Wildman–Crippen LogP) is 4.11. The molecule has 2 aromatic carbocycles. The fourth-order valence-corrected chi connectivity index (χ4v) is 3.27. The highest BCUT2D eigenvalue weighted by molar-refractivity contribution is 9.10. The second kappa shape index (κ2) is 6.24. The van der Waals surface area contributed by atoms with E-state index in [0.29, 0.717) is 10.9 Å². The zero-order valence-electron chi connectivity index (χ0n) is 13.4. The maximum Gasteiger partial charge on any atom is 0.266 e. The van der Waals surface area contributed by atoms with Crippen molar-refractivity contribution in [2.75, 3.05) is 0 Å². The average Bonchev–Trinajstić information content (AvgIpc) is 2.55. The van der Waals surface area contributed by atoms with Crippen LogP contribution in [-0.4, -0.2) is 10.5 Å². The molecule has 1 aromatic heterocycles. The van der Waals surface area contributed by atoms with Gasteiger partial charge in [0, 0.05) is 21.5 Å². The first kappa shape index (κ1) is 16.5. The standard InChI is InChI=1S/C19H17BrN2O2/c1-11(2)22-17(18(21)23)16(12-7-9-13(20)10-8-12)14-5-3-4-6-15(14)19(22)24/h3-11H,1-2H3,(H2,21,23). The fourth-order valence-electron chi connectivity index (χ4n) is 3.01. The lowest BCUT2D eigenvalue weighted by atomic mass is 9.96. The molecule has 0 fully saturated rings. The van der Waals surface area contributed by atoms with E-state index in [4.69, 9.17) is 5.73 Å². The first-order chi connectivity index (χ1) is 11.4. The first-order valence-corrected chi connectivity index (χ1v) is 8.44. The van der Waals surface area contributed by atoms with Crippen LogP contribution >= 0.6 is 15.9 Å². The van der Waals surface area contributed by atoms with Gasteiger partial charge in [-0.25, -0.2) is 0 Å². The van der Waals surface area contributed by atoms with E-state index in [0.717, 1.165) is 15.4 Å². The molecule has 2 N–H and O–H groups in total. The van der Waals surface area contributed by atoms with Crippen molar-refractivity contribution in [1.82, 2.24) is 4.57 Å². The molecular weight excluding hydrogens is 368 g/mol. The van der Waals surface area contributed by atoms with Gasteiger partial charge in [-0.1, -0.05) is 46.3 Å². The molecule has 1 amide bonds. The monoisotopic (exact) mass is 384 g/mol. The van der Waals surface area contributed by atoms with Gasteiger partial charge in [-0.3, -0.25) is 9.59 Å². The lowest BCUT2D eigenvalue weighted by Crippen LogP contribution is -2.31. The van der Waals surface area contributed by atoms with Gasteiger partial charge in [0.25, 0.3) is 11.5 Å². The SMILES string of the molecule is CC(C)n1c(C(N)=O)c(-c2ccc(Br)cc2)c2ccccc2c1=O. The Hall–Kier alpha value is -2.40. The zero-order chi connectivity index (χ0) is 17.4. The van der Waals surface area contributed by atoms with E-state index in [1.54, 1.807) is 6.07 Å². The Balaban J connectivity index is 2.56. The van der Waals surface area contributed by atoms with Crippen LogP contribution in [0, 0.1) is 0 Å². The molecule has 4 nitrogen and oxygen atoms in total. The number of carbonyl (C=O) groups is 1. The number of aromatic nitrogens is 1. The summed E-state index contributed by atoms with van der Waals surface area (Å²) in [6, 6.07) is 14.8. The van der Waals surface area contributed by atoms with Crippen LogP contribution in [0.1, 0.15) is 30.4 Å². The topological polar surface area (TPSA) is 65.1 Å². The van der Waals surface area contributed by atoms with Gasteiger partial charge in [0.15, 0.2) is 0 Å². The van der Waals surface area contributed by atoms with Crippen molar-refractivity contribution in [2.45, 2.75) is 19.9 Å². The molecule has 0 unspecified atom stereocenters. The molecule has 24 heavy (non-hydrogen) atoms. The first-order valence-electron chi connectivity index (χ1n) is 7.64. The minimum absolute atomic E-state index is 0.182. The molecule has 122 valence electrons. The highest BCUT2D eigenvalue weighted by Gasteiger charge is 2.22. The van der Waals surface area contributed by atoms with Gasteiger partial charge < -0.3 is 10.3 Å². The summed E-state index contributed by atoms with van der Waals surface area (Å²) in [5, 5.41) is 1.31. The minimum Gasteiger partial charge on any atom is -0.364 e. The largest absolute Gasteiger partial charge is 0.364 e. The van der Waals surface area contributed by atoms with Crippen LogP contribution in [0.4, 0.5) is 0 Å². The van der Waals surface area contributed by atoms with Gasteiger partial charge in [0.05, 0.1) is 0 Å². The lowest BCUT2D eigenvalue weighted by molar-refractivity contribution is 0.0989. The van der Waals surface area contributed by atoms with Crippen LogP contribution in [0.15, 0.2) is 57.8 Å². The summed E-state index contributed by atoms with van der Waals surface area (Å²) in [7, 11) is 0. The van der Waals surface area contributed by atoms with E-state index in [-0.39, 0.29) is 17.3 Å². The second-order valence-electron chi connectivity index (χ2n) is 5.91. The number of primary amides is 1. The number of nitrogens with two attached hydrogens (primary N) is 1. The molecule has 0 spiro atoms. The van der Waals surface area contributed by atoms with Gasteiger partial charge in [-0.05, 0) is 43.0 Å². The van der Waals surface area contributed by atoms with E-state index in [1.807, 2.05) is 56.3 Å². The minimum atomic E-state index is -0.607.